The Morgan fingerprint density at radius 2 is 1.81 bits per heavy atom. The van der Waals surface area contributed by atoms with Gasteiger partial charge in [0.2, 0.25) is 5.91 Å². The number of nitrogens with one attached hydrogen (secondary N) is 1. The van der Waals surface area contributed by atoms with E-state index in [4.69, 9.17) is 4.74 Å². The van der Waals surface area contributed by atoms with Crippen molar-refractivity contribution in [3.05, 3.63) is 17.5 Å². The third-order valence-electron chi connectivity index (χ3n) is 6.22. The number of H-pyrrole nitrogens is 1. The van der Waals surface area contributed by atoms with E-state index < -0.39 is 0 Å². The Morgan fingerprint density at radius 3 is 2.52 bits per heavy atom. The molecule has 27 heavy (non-hydrogen) atoms. The van der Waals surface area contributed by atoms with E-state index in [1.807, 2.05) is 9.80 Å². The summed E-state index contributed by atoms with van der Waals surface area (Å²) in [6, 6.07) is 0. The van der Waals surface area contributed by atoms with Crippen LogP contribution in [-0.4, -0.2) is 70.7 Å². The monoisotopic (exact) mass is 374 g/mol. The molecular weight excluding hydrogens is 344 g/mol. The fourth-order valence-electron chi connectivity index (χ4n) is 4.58. The molecule has 148 valence electrons. The van der Waals surface area contributed by atoms with Crippen LogP contribution in [0, 0.1) is 0 Å². The number of aromatic nitrogens is 2. The van der Waals surface area contributed by atoms with Crippen molar-refractivity contribution >= 4 is 11.8 Å². The third kappa shape index (κ3) is 4.18. The second kappa shape index (κ2) is 8.42. The molecule has 1 aromatic heterocycles. The molecule has 1 N–H and O–H groups in total. The summed E-state index contributed by atoms with van der Waals surface area (Å²) in [5.74, 6) is 0.576. The molecule has 0 saturated carbocycles. The zero-order valence-electron chi connectivity index (χ0n) is 16.0. The van der Waals surface area contributed by atoms with Crippen LogP contribution in [0.25, 0.3) is 0 Å². The maximum absolute atomic E-state index is 12.8. The summed E-state index contributed by atoms with van der Waals surface area (Å²) in [4.78, 5) is 29.2. The van der Waals surface area contributed by atoms with Crippen LogP contribution < -0.4 is 0 Å². The molecule has 1 atom stereocenters. The van der Waals surface area contributed by atoms with Crippen LogP contribution in [0.4, 0.5) is 0 Å². The van der Waals surface area contributed by atoms with Gasteiger partial charge in [-0.3, -0.25) is 14.7 Å². The highest BCUT2D eigenvalue weighted by atomic mass is 16.5. The van der Waals surface area contributed by atoms with Gasteiger partial charge in [-0.1, -0.05) is 0 Å². The van der Waals surface area contributed by atoms with E-state index in [2.05, 4.69) is 10.2 Å². The quantitative estimate of drug-likeness (QED) is 0.877. The van der Waals surface area contributed by atoms with Gasteiger partial charge in [0, 0.05) is 38.7 Å². The van der Waals surface area contributed by atoms with Crippen LogP contribution in [0.15, 0.2) is 6.20 Å². The Labute approximate surface area is 160 Å². The summed E-state index contributed by atoms with van der Waals surface area (Å²) in [6.07, 6.45) is 9.47. The summed E-state index contributed by atoms with van der Waals surface area (Å²) in [5.41, 5.74) is 1.67. The van der Waals surface area contributed by atoms with E-state index in [-0.39, 0.29) is 23.8 Å². The van der Waals surface area contributed by atoms with Crippen molar-refractivity contribution in [3.8, 4) is 0 Å². The average Bonchev–Trinajstić information content (AvgIpc) is 3.40. The molecule has 0 unspecified atom stereocenters. The van der Waals surface area contributed by atoms with E-state index >= 15 is 0 Å². The number of hydrogen-bond donors (Lipinski definition) is 1. The summed E-state index contributed by atoms with van der Waals surface area (Å²) in [5, 5.41) is 7.22. The first-order valence-electron chi connectivity index (χ1n) is 10.4. The van der Waals surface area contributed by atoms with Crippen molar-refractivity contribution in [2.45, 2.75) is 63.4 Å². The second-order valence-corrected chi connectivity index (χ2v) is 8.04. The van der Waals surface area contributed by atoms with Crippen LogP contribution in [0.3, 0.4) is 0 Å². The lowest BCUT2D eigenvalue weighted by atomic mass is 9.90. The van der Waals surface area contributed by atoms with Crippen molar-refractivity contribution in [1.29, 1.82) is 0 Å². The minimum Gasteiger partial charge on any atom is -0.378 e. The van der Waals surface area contributed by atoms with Crippen molar-refractivity contribution in [3.63, 3.8) is 0 Å². The van der Waals surface area contributed by atoms with Gasteiger partial charge in [0.15, 0.2) is 0 Å². The van der Waals surface area contributed by atoms with E-state index in [0.717, 1.165) is 89.0 Å². The molecule has 4 heterocycles. The Morgan fingerprint density at radius 1 is 1.04 bits per heavy atom. The van der Waals surface area contributed by atoms with Gasteiger partial charge in [0.25, 0.3) is 5.91 Å². The minimum atomic E-state index is 0.0984. The van der Waals surface area contributed by atoms with E-state index in [0.29, 0.717) is 6.42 Å². The lowest BCUT2D eigenvalue weighted by Gasteiger charge is -2.33. The van der Waals surface area contributed by atoms with Crippen molar-refractivity contribution in [2.24, 2.45) is 0 Å². The van der Waals surface area contributed by atoms with E-state index in [1.165, 1.54) is 0 Å². The molecule has 4 rings (SSSR count). The lowest BCUT2D eigenvalue weighted by molar-refractivity contribution is -0.136. The van der Waals surface area contributed by atoms with E-state index in [9.17, 15) is 9.59 Å². The van der Waals surface area contributed by atoms with Gasteiger partial charge in [-0.15, -0.1) is 0 Å². The molecule has 0 aromatic carbocycles. The molecule has 0 spiro atoms. The Balaban J connectivity index is 1.32. The van der Waals surface area contributed by atoms with Crippen LogP contribution in [-0.2, 0) is 9.53 Å². The zero-order chi connectivity index (χ0) is 18.6. The van der Waals surface area contributed by atoms with Crippen LogP contribution in [0.5, 0.6) is 0 Å². The van der Waals surface area contributed by atoms with Gasteiger partial charge in [-0.2, -0.15) is 5.10 Å². The van der Waals surface area contributed by atoms with E-state index in [1.54, 1.807) is 6.20 Å². The van der Waals surface area contributed by atoms with Crippen LogP contribution in [0.2, 0.25) is 0 Å². The van der Waals surface area contributed by atoms with Gasteiger partial charge < -0.3 is 14.5 Å². The van der Waals surface area contributed by atoms with Crippen molar-refractivity contribution in [2.75, 3.05) is 32.8 Å². The van der Waals surface area contributed by atoms with Gasteiger partial charge in [-0.25, -0.2) is 0 Å². The van der Waals surface area contributed by atoms with Crippen molar-refractivity contribution in [1.82, 2.24) is 20.0 Å². The molecule has 3 aliphatic rings. The maximum atomic E-state index is 12.8. The van der Waals surface area contributed by atoms with Gasteiger partial charge in [0.1, 0.15) is 0 Å². The number of ether oxygens (including phenoxy) is 1. The molecule has 0 radical (unpaired) electrons. The van der Waals surface area contributed by atoms with Crippen molar-refractivity contribution < 1.29 is 14.3 Å². The SMILES string of the molecule is O=C(C[C@@H]1CCCCO1)N1CCC(c2[nH]ncc2C(=O)N2CCCC2)CC1. The molecule has 0 aliphatic carbocycles. The highest BCUT2D eigenvalue weighted by molar-refractivity contribution is 5.95. The second-order valence-electron chi connectivity index (χ2n) is 8.04. The summed E-state index contributed by atoms with van der Waals surface area (Å²) in [6.45, 7) is 3.96. The molecule has 3 saturated heterocycles. The minimum absolute atomic E-state index is 0.0984. The predicted molar refractivity (Wildman–Crippen MR) is 100 cm³/mol. The molecule has 7 heteroatoms. The predicted octanol–water partition coefficient (Wildman–Crippen LogP) is 2.31. The number of nitrogens with zero attached hydrogens (tertiary/aromatic N) is 3. The summed E-state index contributed by atoms with van der Waals surface area (Å²) in [7, 11) is 0. The smallest absolute Gasteiger partial charge is 0.257 e. The lowest BCUT2D eigenvalue weighted by Crippen LogP contribution is -2.40. The number of hydrogen-bond acceptors (Lipinski definition) is 4. The Bertz CT molecular complexity index is 654. The number of rotatable bonds is 4. The molecule has 3 fully saturated rings. The van der Waals surface area contributed by atoms with Gasteiger partial charge in [-0.05, 0) is 44.9 Å². The number of carbonyl (C=O) groups excluding carboxylic acids is 2. The highest BCUT2D eigenvalue weighted by Crippen LogP contribution is 2.30. The first-order chi connectivity index (χ1) is 13.2. The first-order valence-corrected chi connectivity index (χ1v) is 10.4. The normalized spacial score (nSPS) is 24.4. The zero-order valence-corrected chi connectivity index (χ0v) is 16.0. The largest absolute Gasteiger partial charge is 0.378 e. The van der Waals surface area contributed by atoms with Gasteiger partial charge >= 0.3 is 0 Å². The van der Waals surface area contributed by atoms with Crippen LogP contribution >= 0.6 is 0 Å². The van der Waals surface area contributed by atoms with Gasteiger partial charge in [0.05, 0.1) is 30.0 Å². The molecular formula is C20H30N4O3. The van der Waals surface area contributed by atoms with Crippen LogP contribution in [0.1, 0.15) is 73.3 Å². The maximum Gasteiger partial charge on any atom is 0.257 e. The number of aromatic amines is 1. The third-order valence-corrected chi connectivity index (χ3v) is 6.22. The highest BCUT2D eigenvalue weighted by Gasteiger charge is 2.31. The number of piperidine rings is 1. The Hall–Kier alpha value is -1.89. The number of likely N-dealkylation sites (tertiary alicyclic amines) is 2. The molecule has 0 bridgehead atoms. The number of amides is 2. The average molecular weight is 374 g/mol. The standard InChI is InChI=1S/C20H30N4O3/c25-18(13-16-5-1-4-12-27-16)23-10-6-15(7-11-23)19-17(14-21-22-19)20(26)24-8-2-3-9-24/h14-16H,1-13H2,(H,21,22)/t16-/m0/s1. The number of carbonyl (C=O) groups is 2. The summed E-state index contributed by atoms with van der Waals surface area (Å²) < 4.78 is 5.71. The fourth-order valence-corrected chi connectivity index (χ4v) is 4.58. The molecule has 1 aromatic rings. The molecule has 3 aliphatic heterocycles. The Kier molecular flexibility index (Phi) is 5.76. The first kappa shape index (κ1) is 18.5. The fraction of sp³-hybridized carbons (Fsp3) is 0.750. The molecule has 7 nitrogen and oxygen atoms in total. The topological polar surface area (TPSA) is 78.5 Å². The summed E-state index contributed by atoms with van der Waals surface area (Å²) >= 11 is 0. The molecule has 2 amide bonds.